The van der Waals surface area contributed by atoms with Crippen LogP contribution in [0.15, 0.2) is 42.6 Å². The monoisotopic (exact) mass is 395 g/mol. The highest BCUT2D eigenvalue weighted by Gasteiger charge is 2.31. The molecular formula is C19H18FN7O2. The van der Waals surface area contributed by atoms with E-state index in [9.17, 15) is 14.0 Å². The predicted molar refractivity (Wildman–Crippen MR) is 103 cm³/mol. The average molecular weight is 395 g/mol. The van der Waals surface area contributed by atoms with Crippen LogP contribution < -0.4 is 15.5 Å². The van der Waals surface area contributed by atoms with Gasteiger partial charge in [0.05, 0.1) is 11.9 Å². The number of benzene rings is 1. The Morgan fingerprint density at radius 2 is 2.10 bits per heavy atom. The molecule has 0 saturated heterocycles. The number of aromatic nitrogens is 4. The van der Waals surface area contributed by atoms with Gasteiger partial charge < -0.3 is 20.5 Å². The summed E-state index contributed by atoms with van der Waals surface area (Å²) in [7, 11) is 1.50. The van der Waals surface area contributed by atoms with Gasteiger partial charge >= 0.3 is 0 Å². The molecule has 0 spiro atoms. The normalized spacial score (nSPS) is 16.0. The zero-order valence-electron chi connectivity index (χ0n) is 15.5. The summed E-state index contributed by atoms with van der Waals surface area (Å²) in [6.07, 6.45) is 1.56. The van der Waals surface area contributed by atoms with Crippen LogP contribution in [-0.4, -0.2) is 51.6 Å². The van der Waals surface area contributed by atoms with Crippen LogP contribution in [0.5, 0.6) is 0 Å². The van der Waals surface area contributed by atoms with E-state index in [1.807, 2.05) is 30.3 Å². The zero-order chi connectivity index (χ0) is 20.4. The average Bonchev–Trinajstić information content (AvgIpc) is 3.16. The number of hydrogen-bond acceptors (Lipinski definition) is 6. The van der Waals surface area contributed by atoms with Gasteiger partial charge in [0.15, 0.2) is 0 Å². The molecule has 10 heteroatoms. The fraction of sp³-hybridized carbons (Fsp3) is 0.211. The third kappa shape index (κ3) is 3.91. The van der Waals surface area contributed by atoms with Crippen LogP contribution >= 0.6 is 0 Å². The molecule has 1 atom stereocenters. The molecule has 4 rings (SSSR count). The van der Waals surface area contributed by atoms with E-state index in [0.29, 0.717) is 23.8 Å². The highest BCUT2D eigenvalue weighted by atomic mass is 19.1. The summed E-state index contributed by atoms with van der Waals surface area (Å²) in [4.78, 5) is 33.4. The Kier molecular flexibility index (Phi) is 4.90. The van der Waals surface area contributed by atoms with Crippen LogP contribution in [0.1, 0.15) is 22.0 Å². The smallest absolute Gasteiger partial charge is 0.289 e. The first kappa shape index (κ1) is 18.5. The van der Waals surface area contributed by atoms with Crippen molar-refractivity contribution in [3.63, 3.8) is 0 Å². The summed E-state index contributed by atoms with van der Waals surface area (Å²) in [5, 5.41) is 13.5. The van der Waals surface area contributed by atoms with Crippen molar-refractivity contribution < 1.29 is 14.0 Å². The first-order chi connectivity index (χ1) is 14.0. The van der Waals surface area contributed by atoms with Gasteiger partial charge in [0.25, 0.3) is 11.8 Å². The molecular weight excluding hydrogens is 377 g/mol. The Morgan fingerprint density at radius 3 is 2.90 bits per heavy atom. The minimum absolute atomic E-state index is 0.0114. The molecule has 2 amide bonds. The Labute approximate surface area is 165 Å². The molecule has 2 aromatic heterocycles. The summed E-state index contributed by atoms with van der Waals surface area (Å²) in [6.45, 7) is 0.103. The van der Waals surface area contributed by atoms with Gasteiger partial charge in [0, 0.05) is 26.1 Å². The zero-order valence-corrected chi connectivity index (χ0v) is 15.5. The lowest BCUT2D eigenvalue weighted by molar-refractivity contribution is -0.119. The molecule has 29 heavy (non-hydrogen) atoms. The van der Waals surface area contributed by atoms with E-state index in [1.54, 1.807) is 0 Å². The number of halogens is 1. The second-order valence-electron chi connectivity index (χ2n) is 6.61. The van der Waals surface area contributed by atoms with Crippen LogP contribution in [-0.2, 0) is 11.2 Å². The van der Waals surface area contributed by atoms with Crippen LogP contribution in [0.3, 0.4) is 0 Å². The number of carbonyl (C=O) groups is 2. The van der Waals surface area contributed by atoms with E-state index >= 15 is 0 Å². The van der Waals surface area contributed by atoms with Crippen molar-refractivity contribution in [1.82, 2.24) is 25.5 Å². The second kappa shape index (κ2) is 7.66. The SMILES string of the molecule is CN1C(=O)C(NC(=O)c2nnc(Cc3ccccc3)[nH]2)CNc2ncc(F)cc21. The number of pyridine rings is 1. The Hall–Kier alpha value is -3.82. The molecule has 9 nitrogen and oxygen atoms in total. The lowest BCUT2D eigenvalue weighted by Gasteiger charge is -2.20. The Balaban J connectivity index is 1.45. The van der Waals surface area contributed by atoms with Crippen LogP contribution in [0, 0.1) is 5.82 Å². The molecule has 1 aliphatic heterocycles. The van der Waals surface area contributed by atoms with E-state index in [4.69, 9.17) is 0 Å². The Morgan fingerprint density at radius 1 is 1.31 bits per heavy atom. The minimum atomic E-state index is -0.882. The summed E-state index contributed by atoms with van der Waals surface area (Å²) in [5.74, 6) is -0.603. The molecule has 1 aromatic carbocycles. The maximum absolute atomic E-state index is 13.5. The molecule has 148 valence electrons. The summed E-state index contributed by atoms with van der Waals surface area (Å²) >= 11 is 0. The number of rotatable bonds is 4. The van der Waals surface area contributed by atoms with Crippen molar-refractivity contribution in [2.45, 2.75) is 12.5 Å². The number of carbonyl (C=O) groups excluding carboxylic acids is 2. The highest BCUT2D eigenvalue weighted by molar-refractivity contribution is 6.03. The van der Waals surface area contributed by atoms with Gasteiger partial charge in [0.1, 0.15) is 23.5 Å². The quantitative estimate of drug-likeness (QED) is 0.610. The standard InChI is InChI=1S/C19H18FN7O2/c1-27-14-8-12(20)9-21-16(14)22-10-13(19(27)29)23-18(28)17-24-15(25-26-17)7-11-5-3-2-4-6-11/h2-6,8-9,13H,7,10H2,1H3,(H,21,22)(H,23,28)(H,24,25,26). The third-order valence-corrected chi connectivity index (χ3v) is 4.57. The van der Waals surface area contributed by atoms with Crippen molar-refractivity contribution in [3.8, 4) is 0 Å². The first-order valence-corrected chi connectivity index (χ1v) is 8.94. The number of aromatic amines is 1. The van der Waals surface area contributed by atoms with Crippen molar-refractivity contribution in [1.29, 1.82) is 0 Å². The van der Waals surface area contributed by atoms with Gasteiger partial charge in [-0.25, -0.2) is 9.37 Å². The number of nitrogens with zero attached hydrogens (tertiary/aromatic N) is 4. The van der Waals surface area contributed by atoms with E-state index in [-0.39, 0.29) is 12.4 Å². The van der Waals surface area contributed by atoms with Crippen molar-refractivity contribution in [3.05, 3.63) is 65.6 Å². The van der Waals surface area contributed by atoms with E-state index in [0.717, 1.165) is 11.8 Å². The molecule has 3 N–H and O–H groups in total. The molecule has 3 heterocycles. The largest absolute Gasteiger partial charge is 0.366 e. The number of hydrogen-bond donors (Lipinski definition) is 3. The van der Waals surface area contributed by atoms with Gasteiger partial charge in [0.2, 0.25) is 5.82 Å². The molecule has 1 aliphatic rings. The fourth-order valence-electron chi connectivity index (χ4n) is 3.07. The summed E-state index contributed by atoms with van der Waals surface area (Å²) in [5.41, 5.74) is 1.33. The van der Waals surface area contributed by atoms with Crippen molar-refractivity contribution in [2.24, 2.45) is 0 Å². The maximum atomic E-state index is 13.5. The lowest BCUT2D eigenvalue weighted by atomic mass is 10.1. The fourth-order valence-corrected chi connectivity index (χ4v) is 3.07. The van der Waals surface area contributed by atoms with Gasteiger partial charge in [-0.05, 0) is 5.56 Å². The van der Waals surface area contributed by atoms with Gasteiger partial charge in [-0.1, -0.05) is 30.3 Å². The van der Waals surface area contributed by atoms with Crippen molar-refractivity contribution >= 4 is 23.3 Å². The highest BCUT2D eigenvalue weighted by Crippen LogP contribution is 2.26. The number of amides is 2. The van der Waals surface area contributed by atoms with Gasteiger partial charge in [-0.15, -0.1) is 10.2 Å². The topological polar surface area (TPSA) is 116 Å². The maximum Gasteiger partial charge on any atom is 0.289 e. The molecule has 1 unspecified atom stereocenters. The number of likely N-dealkylation sites (N-methyl/N-ethyl adjacent to an activating group) is 1. The van der Waals surface area contributed by atoms with Gasteiger partial charge in [-0.3, -0.25) is 9.59 Å². The number of H-pyrrole nitrogens is 1. The first-order valence-electron chi connectivity index (χ1n) is 8.94. The third-order valence-electron chi connectivity index (χ3n) is 4.57. The lowest BCUT2D eigenvalue weighted by Crippen LogP contribution is -2.49. The van der Waals surface area contributed by atoms with Crippen LogP contribution in [0.25, 0.3) is 0 Å². The predicted octanol–water partition coefficient (Wildman–Crippen LogP) is 1.12. The van der Waals surface area contributed by atoms with Gasteiger partial charge in [-0.2, -0.15) is 0 Å². The second-order valence-corrected chi connectivity index (χ2v) is 6.61. The molecule has 0 saturated carbocycles. The summed E-state index contributed by atoms with van der Waals surface area (Å²) in [6, 6.07) is 9.97. The minimum Gasteiger partial charge on any atom is -0.366 e. The van der Waals surface area contributed by atoms with E-state index < -0.39 is 23.7 Å². The molecule has 0 radical (unpaired) electrons. The van der Waals surface area contributed by atoms with Crippen molar-refractivity contribution in [2.75, 3.05) is 23.8 Å². The number of nitrogens with one attached hydrogen (secondary N) is 3. The molecule has 3 aromatic rings. The summed E-state index contributed by atoms with van der Waals surface area (Å²) < 4.78 is 13.5. The molecule has 0 aliphatic carbocycles. The van der Waals surface area contributed by atoms with Crippen LogP contribution in [0.4, 0.5) is 15.9 Å². The number of anilines is 2. The Bertz CT molecular complexity index is 1050. The number of fused-ring (bicyclic) bond motifs is 1. The molecule has 0 fully saturated rings. The van der Waals surface area contributed by atoms with Crippen LogP contribution in [0.2, 0.25) is 0 Å². The molecule has 0 bridgehead atoms. The van der Waals surface area contributed by atoms with E-state index in [2.05, 4.69) is 30.8 Å². The van der Waals surface area contributed by atoms with E-state index in [1.165, 1.54) is 18.0 Å².